The van der Waals surface area contributed by atoms with Crippen LogP contribution in [-0.4, -0.2) is 23.5 Å². The minimum Gasteiger partial charge on any atom is -0.481 e. The first-order valence-corrected chi connectivity index (χ1v) is 7.57. The summed E-state index contributed by atoms with van der Waals surface area (Å²) in [5, 5.41) is 11.2. The molecule has 1 aromatic heterocycles. The van der Waals surface area contributed by atoms with Gasteiger partial charge in [-0.25, -0.2) is 0 Å². The van der Waals surface area contributed by atoms with Gasteiger partial charge in [0, 0.05) is 22.5 Å². The lowest BCUT2D eigenvalue weighted by atomic mass is 10.0. The Hall–Kier alpha value is -2.14. The van der Waals surface area contributed by atoms with Gasteiger partial charge >= 0.3 is 5.97 Å². The van der Waals surface area contributed by atoms with E-state index in [0.29, 0.717) is 16.8 Å². The number of carbonyl (C=O) groups is 2. The number of thiophene rings is 1. The van der Waals surface area contributed by atoms with Gasteiger partial charge in [-0.05, 0) is 31.0 Å². The second-order valence-corrected chi connectivity index (χ2v) is 6.28. The van der Waals surface area contributed by atoms with Crippen LogP contribution in [0.2, 0.25) is 0 Å². The molecular weight excluding hydrogens is 286 g/mol. The van der Waals surface area contributed by atoms with Gasteiger partial charge in [0.2, 0.25) is 0 Å². The molecule has 1 aliphatic heterocycles. The number of hydrogen-bond donors (Lipinski definition) is 1. The van der Waals surface area contributed by atoms with Crippen LogP contribution in [0.15, 0.2) is 29.6 Å². The number of fused-ring (bicyclic) bond motifs is 1. The molecule has 4 nitrogen and oxygen atoms in total. The van der Waals surface area contributed by atoms with E-state index in [4.69, 9.17) is 0 Å². The van der Waals surface area contributed by atoms with Crippen molar-refractivity contribution < 1.29 is 14.7 Å². The molecule has 0 spiro atoms. The van der Waals surface area contributed by atoms with Crippen LogP contribution >= 0.6 is 11.3 Å². The Morgan fingerprint density at radius 2 is 2.00 bits per heavy atom. The van der Waals surface area contributed by atoms with Gasteiger partial charge in [0.05, 0.1) is 5.56 Å². The van der Waals surface area contributed by atoms with Crippen molar-refractivity contribution in [1.82, 2.24) is 0 Å². The average Bonchev–Trinajstić information content (AvgIpc) is 3.00. The molecule has 21 heavy (non-hydrogen) atoms. The maximum absolute atomic E-state index is 12.8. The quantitative estimate of drug-likeness (QED) is 0.926. The molecule has 2 heterocycles. The van der Waals surface area contributed by atoms with E-state index < -0.39 is 11.9 Å². The van der Waals surface area contributed by atoms with Crippen LogP contribution < -0.4 is 4.90 Å². The molecule has 0 saturated heterocycles. The fourth-order valence-corrected chi connectivity index (χ4v) is 3.54. The fraction of sp³-hybridized carbons (Fsp3) is 0.250. The number of carboxylic acids is 1. The third kappa shape index (κ3) is 2.14. The Morgan fingerprint density at radius 3 is 2.62 bits per heavy atom. The van der Waals surface area contributed by atoms with Gasteiger partial charge in [-0.15, -0.1) is 11.3 Å². The van der Waals surface area contributed by atoms with Crippen molar-refractivity contribution in [1.29, 1.82) is 0 Å². The molecule has 0 saturated carbocycles. The lowest BCUT2D eigenvalue weighted by molar-refractivity contribution is -0.138. The number of anilines is 1. The minimum absolute atomic E-state index is 0.118. The van der Waals surface area contributed by atoms with Gasteiger partial charge in [-0.1, -0.05) is 18.2 Å². The topological polar surface area (TPSA) is 57.6 Å². The van der Waals surface area contributed by atoms with Crippen LogP contribution in [0.5, 0.6) is 0 Å². The molecule has 0 bridgehead atoms. The molecule has 1 atom stereocenters. The van der Waals surface area contributed by atoms with Crippen molar-refractivity contribution in [2.24, 2.45) is 0 Å². The zero-order chi connectivity index (χ0) is 15.1. The molecule has 5 heteroatoms. The predicted molar refractivity (Wildman–Crippen MR) is 82.3 cm³/mol. The zero-order valence-corrected chi connectivity index (χ0v) is 12.6. The molecule has 1 unspecified atom stereocenters. The molecular formula is C16H15NO3S. The third-order valence-electron chi connectivity index (χ3n) is 4.03. The summed E-state index contributed by atoms with van der Waals surface area (Å²) in [5.74, 6) is -1.66. The number of aryl methyl sites for hydroxylation is 1. The number of nitrogens with zero attached hydrogens (tertiary/aromatic N) is 1. The molecule has 3 rings (SSSR count). The highest BCUT2D eigenvalue weighted by molar-refractivity contribution is 7.10. The summed E-state index contributed by atoms with van der Waals surface area (Å²) in [4.78, 5) is 26.9. The molecule has 1 N–H and O–H groups in total. The van der Waals surface area contributed by atoms with E-state index in [1.54, 1.807) is 22.3 Å². The van der Waals surface area contributed by atoms with Crippen molar-refractivity contribution in [3.63, 3.8) is 0 Å². The molecule has 0 fully saturated rings. The van der Waals surface area contributed by atoms with Crippen molar-refractivity contribution in [3.05, 3.63) is 51.2 Å². The van der Waals surface area contributed by atoms with Gasteiger partial charge in [0.25, 0.3) is 5.91 Å². The van der Waals surface area contributed by atoms with Crippen molar-refractivity contribution in [3.8, 4) is 0 Å². The maximum Gasteiger partial charge on any atom is 0.312 e. The smallest absolute Gasteiger partial charge is 0.312 e. The SMILES string of the molecule is Cc1scc(C(=O)N2CC(C(=O)O)c3ccccc32)c1C. The fourth-order valence-electron chi connectivity index (χ4n) is 2.68. The van der Waals surface area contributed by atoms with E-state index in [-0.39, 0.29) is 12.5 Å². The predicted octanol–water partition coefficient (Wildman–Crippen LogP) is 3.19. The van der Waals surface area contributed by atoms with Gasteiger partial charge < -0.3 is 10.0 Å². The van der Waals surface area contributed by atoms with E-state index in [0.717, 1.165) is 10.4 Å². The number of hydrogen-bond acceptors (Lipinski definition) is 3. The van der Waals surface area contributed by atoms with Crippen molar-refractivity contribution in [2.75, 3.05) is 11.4 Å². The number of carbonyl (C=O) groups excluding carboxylic acids is 1. The van der Waals surface area contributed by atoms with Crippen molar-refractivity contribution >= 4 is 28.9 Å². The zero-order valence-electron chi connectivity index (χ0n) is 11.8. The molecule has 0 aliphatic carbocycles. The first-order chi connectivity index (χ1) is 10.0. The Labute approximate surface area is 126 Å². The summed E-state index contributed by atoms with van der Waals surface area (Å²) in [7, 11) is 0. The first kappa shape index (κ1) is 13.8. The second kappa shape index (κ2) is 5.00. The summed E-state index contributed by atoms with van der Waals surface area (Å²) in [6.07, 6.45) is 0. The summed E-state index contributed by atoms with van der Waals surface area (Å²) >= 11 is 1.54. The van der Waals surface area contributed by atoms with E-state index in [9.17, 15) is 14.7 Å². The summed E-state index contributed by atoms with van der Waals surface area (Å²) < 4.78 is 0. The minimum atomic E-state index is -0.893. The van der Waals surface area contributed by atoms with Crippen molar-refractivity contribution in [2.45, 2.75) is 19.8 Å². The molecule has 1 aromatic carbocycles. The highest BCUT2D eigenvalue weighted by Crippen LogP contribution is 2.37. The molecule has 0 radical (unpaired) electrons. The summed E-state index contributed by atoms with van der Waals surface area (Å²) in [5.41, 5.74) is 3.06. The van der Waals surface area contributed by atoms with Crippen LogP contribution in [-0.2, 0) is 4.79 Å². The van der Waals surface area contributed by atoms with Gasteiger partial charge in [0.1, 0.15) is 5.92 Å². The number of aliphatic carboxylic acids is 1. The second-order valence-electron chi connectivity index (χ2n) is 5.20. The molecule has 1 amide bonds. The Kier molecular flexibility index (Phi) is 3.29. The van der Waals surface area contributed by atoms with E-state index in [2.05, 4.69) is 0 Å². The van der Waals surface area contributed by atoms with Gasteiger partial charge in [0.15, 0.2) is 0 Å². The van der Waals surface area contributed by atoms with Gasteiger partial charge in [-0.3, -0.25) is 9.59 Å². The highest BCUT2D eigenvalue weighted by atomic mass is 32.1. The third-order valence-corrected chi connectivity index (χ3v) is 5.04. The average molecular weight is 301 g/mol. The lowest BCUT2D eigenvalue weighted by Crippen LogP contribution is -2.31. The largest absolute Gasteiger partial charge is 0.481 e. The molecule has 108 valence electrons. The Balaban J connectivity index is 2.03. The summed E-state index contributed by atoms with van der Waals surface area (Å²) in [6.45, 7) is 4.10. The molecule has 2 aromatic rings. The first-order valence-electron chi connectivity index (χ1n) is 6.69. The van der Waals surface area contributed by atoms with Gasteiger partial charge in [-0.2, -0.15) is 0 Å². The maximum atomic E-state index is 12.8. The number of rotatable bonds is 2. The highest BCUT2D eigenvalue weighted by Gasteiger charge is 2.37. The number of benzene rings is 1. The van der Waals surface area contributed by atoms with Crippen LogP contribution in [0.25, 0.3) is 0 Å². The molecule has 1 aliphatic rings. The van der Waals surface area contributed by atoms with Crippen LogP contribution in [0.1, 0.15) is 32.3 Å². The normalized spacial score (nSPS) is 16.9. The Bertz CT molecular complexity index is 735. The van der Waals surface area contributed by atoms with Crippen LogP contribution in [0, 0.1) is 13.8 Å². The number of para-hydroxylation sites is 1. The van der Waals surface area contributed by atoms with E-state index in [1.165, 1.54) is 0 Å². The number of carboxylic acid groups (broad SMARTS) is 1. The number of amides is 1. The summed E-state index contributed by atoms with van der Waals surface area (Å²) in [6, 6.07) is 7.23. The Morgan fingerprint density at radius 1 is 1.29 bits per heavy atom. The standard InChI is InChI=1S/C16H15NO3S/c1-9-10(2)21-8-13(9)15(18)17-7-12(16(19)20)11-5-3-4-6-14(11)17/h3-6,8,12H,7H2,1-2H3,(H,19,20). The lowest BCUT2D eigenvalue weighted by Gasteiger charge is -2.17. The van der Waals surface area contributed by atoms with Crippen LogP contribution in [0.3, 0.4) is 0 Å². The van der Waals surface area contributed by atoms with E-state index >= 15 is 0 Å². The monoisotopic (exact) mass is 301 g/mol. The van der Waals surface area contributed by atoms with Crippen LogP contribution in [0.4, 0.5) is 5.69 Å². The van der Waals surface area contributed by atoms with E-state index in [1.807, 2.05) is 37.4 Å².